The van der Waals surface area contributed by atoms with Crippen molar-refractivity contribution in [2.45, 2.75) is 46.6 Å². The van der Waals surface area contributed by atoms with Gasteiger partial charge >= 0.3 is 0 Å². The van der Waals surface area contributed by atoms with Gasteiger partial charge in [0.2, 0.25) is 0 Å². The summed E-state index contributed by atoms with van der Waals surface area (Å²) in [6.45, 7) is 8.12. The number of amides is 1. The average molecular weight is 364 g/mol. The summed E-state index contributed by atoms with van der Waals surface area (Å²) in [4.78, 5) is 12.4. The quantitative estimate of drug-likeness (QED) is 0.794. The zero-order valence-corrected chi connectivity index (χ0v) is 16.4. The van der Waals surface area contributed by atoms with Gasteiger partial charge in [-0.15, -0.1) is 5.10 Å². The van der Waals surface area contributed by atoms with Crippen molar-refractivity contribution in [2.75, 3.05) is 6.54 Å². The first-order valence-electron chi connectivity index (χ1n) is 9.87. The third kappa shape index (κ3) is 3.43. The molecule has 3 aliphatic rings. The van der Waals surface area contributed by atoms with Crippen molar-refractivity contribution in [2.24, 2.45) is 17.3 Å². The highest BCUT2D eigenvalue weighted by molar-refractivity contribution is 5.91. The van der Waals surface area contributed by atoms with Crippen LogP contribution in [0.15, 0.2) is 42.1 Å². The zero-order valence-electron chi connectivity index (χ0n) is 16.4. The van der Waals surface area contributed by atoms with Crippen molar-refractivity contribution in [3.8, 4) is 0 Å². The van der Waals surface area contributed by atoms with Gasteiger partial charge in [-0.1, -0.05) is 55.0 Å². The number of hydrogen-bond acceptors (Lipinski definition) is 3. The minimum atomic E-state index is -0.145. The highest BCUT2D eigenvalue weighted by Crippen LogP contribution is 2.59. The zero-order chi connectivity index (χ0) is 19.0. The van der Waals surface area contributed by atoms with Crippen molar-refractivity contribution in [3.05, 3.63) is 58.9 Å². The molecule has 1 fully saturated rings. The topological polar surface area (TPSA) is 59.8 Å². The van der Waals surface area contributed by atoms with Gasteiger partial charge in [-0.3, -0.25) is 4.79 Å². The predicted octanol–water partition coefficient (Wildman–Crippen LogP) is 3.75. The van der Waals surface area contributed by atoms with Crippen LogP contribution in [0.5, 0.6) is 0 Å². The lowest BCUT2D eigenvalue weighted by atomic mass is 9.48. The van der Waals surface area contributed by atoms with E-state index in [9.17, 15) is 4.79 Å². The largest absolute Gasteiger partial charge is 0.350 e. The van der Waals surface area contributed by atoms with E-state index in [-0.39, 0.29) is 5.91 Å². The average Bonchev–Trinajstić information content (AvgIpc) is 3.12. The van der Waals surface area contributed by atoms with Crippen LogP contribution in [-0.2, 0) is 6.54 Å². The van der Waals surface area contributed by atoms with Crippen LogP contribution in [0.4, 0.5) is 0 Å². The van der Waals surface area contributed by atoms with Gasteiger partial charge in [0.25, 0.3) is 5.91 Å². The van der Waals surface area contributed by atoms with Crippen LogP contribution in [0.1, 0.15) is 54.7 Å². The van der Waals surface area contributed by atoms with Crippen molar-refractivity contribution in [1.29, 1.82) is 0 Å². The third-order valence-corrected chi connectivity index (χ3v) is 6.65. The second kappa shape index (κ2) is 6.95. The number of hydrogen-bond donors (Lipinski definition) is 1. The van der Waals surface area contributed by atoms with Gasteiger partial charge in [0.05, 0.1) is 12.7 Å². The number of fused-ring (bicyclic) bond motifs is 1. The van der Waals surface area contributed by atoms with Gasteiger partial charge in [0.1, 0.15) is 0 Å². The number of aryl methyl sites for hydroxylation is 1. The van der Waals surface area contributed by atoms with Crippen molar-refractivity contribution in [1.82, 2.24) is 20.3 Å². The Balaban J connectivity index is 1.30. The van der Waals surface area contributed by atoms with Crippen molar-refractivity contribution >= 4 is 5.91 Å². The molecular formula is C22H28N4O. The molecule has 2 aromatic rings. The molecule has 1 aromatic heterocycles. The smallest absolute Gasteiger partial charge is 0.273 e. The summed E-state index contributed by atoms with van der Waals surface area (Å²) >= 11 is 0. The molecule has 5 heteroatoms. The maximum absolute atomic E-state index is 12.4. The van der Waals surface area contributed by atoms with E-state index in [0.29, 0.717) is 30.1 Å². The molecule has 5 rings (SSSR count). The van der Waals surface area contributed by atoms with Gasteiger partial charge in [0.15, 0.2) is 5.69 Å². The third-order valence-electron chi connectivity index (χ3n) is 6.65. The predicted molar refractivity (Wildman–Crippen MR) is 105 cm³/mol. The Kier molecular flexibility index (Phi) is 4.62. The van der Waals surface area contributed by atoms with Crippen LogP contribution in [0.3, 0.4) is 0 Å². The van der Waals surface area contributed by atoms with E-state index in [2.05, 4.69) is 54.6 Å². The summed E-state index contributed by atoms with van der Waals surface area (Å²) in [6.07, 6.45) is 7.57. The Bertz CT molecular complexity index is 880. The van der Waals surface area contributed by atoms with Crippen LogP contribution in [-0.4, -0.2) is 27.4 Å². The van der Waals surface area contributed by atoms with E-state index < -0.39 is 0 Å². The van der Waals surface area contributed by atoms with Crippen molar-refractivity contribution < 1.29 is 4.79 Å². The summed E-state index contributed by atoms with van der Waals surface area (Å²) in [7, 11) is 0. The normalized spacial score (nSPS) is 22.7. The van der Waals surface area contributed by atoms with E-state index in [4.69, 9.17) is 0 Å². The Morgan fingerprint density at radius 3 is 2.89 bits per heavy atom. The lowest BCUT2D eigenvalue weighted by Gasteiger charge is -2.56. The number of allylic oxidation sites excluding steroid dienone is 1. The van der Waals surface area contributed by atoms with Gasteiger partial charge in [-0.05, 0) is 54.6 Å². The molecule has 2 bridgehead atoms. The molecule has 0 unspecified atom stereocenters. The molecule has 3 aliphatic carbocycles. The number of aromatic nitrogens is 3. The molecule has 1 amide bonds. The Morgan fingerprint density at radius 1 is 1.33 bits per heavy atom. The number of carbonyl (C=O) groups excluding carboxylic acids is 1. The summed E-state index contributed by atoms with van der Waals surface area (Å²) in [6, 6.07) is 8.18. The molecule has 0 spiro atoms. The fraction of sp³-hybridized carbons (Fsp3) is 0.500. The molecule has 5 nitrogen and oxygen atoms in total. The maximum atomic E-state index is 12.4. The number of nitrogens with one attached hydrogen (secondary N) is 1. The molecule has 0 radical (unpaired) electrons. The van der Waals surface area contributed by atoms with Crippen LogP contribution < -0.4 is 5.32 Å². The standard InChI is InChI=1S/C22H28N4O/c1-15-6-4-5-7-17(15)13-26-14-20(24-25-26)21(27)23-11-10-16-8-9-18-12-19(16)22(18,2)3/h4-8,14,18-19H,9-13H2,1-3H3,(H,23,27)/t18-,19-/m0/s1. The summed E-state index contributed by atoms with van der Waals surface area (Å²) in [5.41, 5.74) is 4.73. The monoisotopic (exact) mass is 364 g/mol. The van der Waals surface area contributed by atoms with Crippen LogP contribution in [0.25, 0.3) is 0 Å². The first-order chi connectivity index (χ1) is 12.9. The Hall–Kier alpha value is -2.43. The van der Waals surface area contributed by atoms with Gasteiger partial charge in [-0.25, -0.2) is 4.68 Å². The molecule has 0 saturated heterocycles. The second-order valence-corrected chi connectivity index (χ2v) is 8.56. The fourth-order valence-electron chi connectivity index (χ4n) is 4.61. The molecular weight excluding hydrogens is 336 g/mol. The molecule has 0 aliphatic heterocycles. The summed E-state index contributed by atoms with van der Waals surface area (Å²) < 4.78 is 1.72. The van der Waals surface area contributed by atoms with E-state index in [0.717, 1.165) is 12.3 Å². The summed E-state index contributed by atoms with van der Waals surface area (Å²) in [5, 5.41) is 11.1. The SMILES string of the molecule is Cc1ccccc1Cn1cc(C(=O)NCCC2=CC[C@H]3C[C@@H]2C3(C)C)nn1. The minimum Gasteiger partial charge on any atom is -0.350 e. The maximum Gasteiger partial charge on any atom is 0.273 e. The number of benzene rings is 1. The molecule has 142 valence electrons. The number of nitrogens with zero attached hydrogens (tertiary/aromatic N) is 3. The van der Waals surface area contributed by atoms with E-state index in [1.807, 2.05) is 12.1 Å². The minimum absolute atomic E-state index is 0.145. The highest BCUT2D eigenvalue weighted by atomic mass is 16.2. The van der Waals surface area contributed by atoms with Crippen LogP contribution in [0, 0.1) is 24.2 Å². The Morgan fingerprint density at radius 2 is 2.15 bits per heavy atom. The fourth-order valence-corrected chi connectivity index (χ4v) is 4.61. The molecule has 1 N–H and O–H groups in total. The molecule has 1 aromatic carbocycles. The van der Waals surface area contributed by atoms with Gasteiger partial charge in [-0.2, -0.15) is 0 Å². The van der Waals surface area contributed by atoms with Gasteiger partial charge in [0, 0.05) is 6.54 Å². The number of carbonyl (C=O) groups is 1. The second-order valence-electron chi connectivity index (χ2n) is 8.56. The number of rotatable bonds is 6. The summed E-state index contributed by atoms with van der Waals surface area (Å²) in [5.74, 6) is 1.40. The van der Waals surface area contributed by atoms with Gasteiger partial charge < -0.3 is 5.32 Å². The van der Waals surface area contributed by atoms with E-state index >= 15 is 0 Å². The Labute approximate surface area is 160 Å². The molecule has 27 heavy (non-hydrogen) atoms. The van der Waals surface area contributed by atoms with Crippen LogP contribution in [0.2, 0.25) is 0 Å². The molecule has 1 heterocycles. The first kappa shape index (κ1) is 18.0. The van der Waals surface area contributed by atoms with Crippen LogP contribution >= 0.6 is 0 Å². The molecule has 1 saturated carbocycles. The van der Waals surface area contributed by atoms with Crippen molar-refractivity contribution in [3.63, 3.8) is 0 Å². The lowest BCUT2D eigenvalue weighted by molar-refractivity contribution is -0.00811. The lowest BCUT2D eigenvalue weighted by Crippen LogP contribution is -2.48. The molecule has 2 atom stereocenters. The first-order valence-corrected chi connectivity index (χ1v) is 9.87. The highest BCUT2D eigenvalue weighted by Gasteiger charge is 2.50. The van der Waals surface area contributed by atoms with E-state index in [1.165, 1.54) is 29.5 Å². The van der Waals surface area contributed by atoms with E-state index in [1.54, 1.807) is 10.9 Å².